The molecule has 33 heavy (non-hydrogen) atoms. The molecule has 0 aliphatic heterocycles. The van der Waals surface area contributed by atoms with E-state index >= 15 is 0 Å². The monoisotopic (exact) mass is 435 g/mol. The van der Waals surface area contributed by atoms with Gasteiger partial charge in [0.15, 0.2) is 5.82 Å². The second-order valence-electron chi connectivity index (χ2n) is 8.12. The van der Waals surface area contributed by atoms with E-state index in [4.69, 9.17) is 4.98 Å². The maximum Gasteiger partial charge on any atom is 0.159 e. The molecular weight excluding hydrogens is 417 g/mol. The van der Waals surface area contributed by atoms with Crippen molar-refractivity contribution in [2.24, 2.45) is 0 Å². The van der Waals surface area contributed by atoms with Gasteiger partial charge in [-0.1, -0.05) is 6.07 Å². The molecule has 0 aliphatic carbocycles. The van der Waals surface area contributed by atoms with E-state index in [0.29, 0.717) is 17.0 Å². The molecule has 0 spiro atoms. The lowest BCUT2D eigenvalue weighted by Crippen LogP contribution is -1.87. The third-order valence-electron chi connectivity index (χ3n) is 5.59. The number of pyridine rings is 3. The van der Waals surface area contributed by atoms with Crippen molar-refractivity contribution in [3.05, 3.63) is 78.3 Å². The summed E-state index contributed by atoms with van der Waals surface area (Å²) in [7, 11) is 0. The molecule has 0 saturated heterocycles. The molecule has 7 nitrogen and oxygen atoms in total. The SMILES string of the molecule is Cc1cncc(-c2cc3c(-c4nc5c(-c6cc(C)cc(F)c6)cncc5[nH]4)n[nH]c3cn2)c1. The van der Waals surface area contributed by atoms with E-state index in [2.05, 4.69) is 30.1 Å². The Morgan fingerprint density at radius 1 is 0.788 bits per heavy atom. The minimum atomic E-state index is -0.290. The number of fused-ring (bicyclic) bond motifs is 2. The molecule has 0 bridgehead atoms. The molecule has 6 rings (SSSR count). The molecule has 0 amide bonds. The average molecular weight is 435 g/mol. The Morgan fingerprint density at radius 2 is 1.64 bits per heavy atom. The van der Waals surface area contributed by atoms with Gasteiger partial charge < -0.3 is 4.98 Å². The molecule has 6 aromatic rings. The van der Waals surface area contributed by atoms with Crippen LogP contribution in [0.25, 0.3) is 55.8 Å². The molecule has 1 aromatic carbocycles. The van der Waals surface area contributed by atoms with Crippen LogP contribution in [-0.2, 0) is 0 Å². The van der Waals surface area contributed by atoms with Crippen molar-refractivity contribution in [3.63, 3.8) is 0 Å². The van der Waals surface area contributed by atoms with E-state index in [9.17, 15) is 4.39 Å². The highest BCUT2D eigenvalue weighted by molar-refractivity contribution is 5.97. The first-order chi connectivity index (χ1) is 16.0. The standard InChI is InChI=1S/C25H18FN7/c1-13-3-15(6-17(26)5-13)19-10-28-11-22-23(19)31-25(30-22)24-18-7-20(29-12-21(18)32-33-24)16-4-14(2)8-27-9-16/h3-12H,1-2H3,(H,30,31)(H,32,33). The number of aromatic nitrogens is 7. The van der Waals surface area contributed by atoms with Crippen molar-refractivity contribution in [2.45, 2.75) is 13.8 Å². The molecular formula is C25H18FN7. The van der Waals surface area contributed by atoms with Gasteiger partial charge in [-0.3, -0.25) is 20.1 Å². The number of nitrogens with zero attached hydrogens (tertiary/aromatic N) is 5. The lowest BCUT2D eigenvalue weighted by atomic mass is 10.0. The summed E-state index contributed by atoms with van der Waals surface area (Å²) in [5.74, 6) is 0.305. The number of imidazole rings is 1. The van der Waals surface area contributed by atoms with Gasteiger partial charge in [-0.15, -0.1) is 0 Å². The number of hydrogen-bond acceptors (Lipinski definition) is 5. The number of benzene rings is 1. The van der Waals surface area contributed by atoms with Crippen LogP contribution in [-0.4, -0.2) is 35.1 Å². The molecule has 0 aliphatic rings. The molecule has 0 fully saturated rings. The second kappa shape index (κ2) is 7.30. The fourth-order valence-corrected chi connectivity index (χ4v) is 4.10. The van der Waals surface area contributed by atoms with E-state index in [1.807, 2.05) is 38.2 Å². The van der Waals surface area contributed by atoms with Crippen LogP contribution in [0.15, 0.2) is 61.3 Å². The number of halogens is 1. The third kappa shape index (κ3) is 3.32. The van der Waals surface area contributed by atoms with Crippen molar-refractivity contribution >= 4 is 21.9 Å². The zero-order chi connectivity index (χ0) is 22.5. The average Bonchev–Trinajstić information content (AvgIpc) is 3.41. The molecule has 5 heterocycles. The first kappa shape index (κ1) is 19.2. The molecule has 2 N–H and O–H groups in total. The molecule has 0 saturated carbocycles. The van der Waals surface area contributed by atoms with Crippen LogP contribution >= 0.6 is 0 Å². The van der Waals surface area contributed by atoms with Gasteiger partial charge in [0.25, 0.3) is 0 Å². The number of hydrogen-bond donors (Lipinski definition) is 2. The molecule has 0 radical (unpaired) electrons. The number of H-pyrrole nitrogens is 2. The minimum absolute atomic E-state index is 0.290. The zero-order valence-corrected chi connectivity index (χ0v) is 17.9. The fraction of sp³-hybridized carbons (Fsp3) is 0.0800. The Bertz CT molecular complexity index is 1640. The topological polar surface area (TPSA) is 96.0 Å². The smallest absolute Gasteiger partial charge is 0.159 e. The van der Waals surface area contributed by atoms with Gasteiger partial charge in [-0.2, -0.15) is 5.10 Å². The van der Waals surface area contributed by atoms with Crippen LogP contribution in [0.4, 0.5) is 4.39 Å². The van der Waals surface area contributed by atoms with Gasteiger partial charge >= 0.3 is 0 Å². The van der Waals surface area contributed by atoms with E-state index in [0.717, 1.165) is 49.9 Å². The van der Waals surface area contributed by atoms with Gasteiger partial charge in [-0.05, 0) is 54.8 Å². The van der Waals surface area contributed by atoms with E-state index in [-0.39, 0.29) is 5.82 Å². The fourth-order valence-electron chi connectivity index (χ4n) is 4.10. The summed E-state index contributed by atoms with van der Waals surface area (Å²) in [6, 6.07) is 8.94. The summed E-state index contributed by atoms with van der Waals surface area (Å²) in [6.07, 6.45) is 8.78. The summed E-state index contributed by atoms with van der Waals surface area (Å²) in [5.41, 5.74) is 8.04. The Balaban J connectivity index is 1.51. The van der Waals surface area contributed by atoms with Crippen LogP contribution < -0.4 is 0 Å². The summed E-state index contributed by atoms with van der Waals surface area (Å²) in [6.45, 7) is 3.86. The molecule has 0 atom stereocenters. The lowest BCUT2D eigenvalue weighted by molar-refractivity contribution is 0.627. The Labute approximate surface area is 187 Å². The van der Waals surface area contributed by atoms with Crippen molar-refractivity contribution in [2.75, 3.05) is 0 Å². The van der Waals surface area contributed by atoms with Crippen LogP contribution in [0.1, 0.15) is 11.1 Å². The van der Waals surface area contributed by atoms with Crippen LogP contribution in [0.2, 0.25) is 0 Å². The summed E-state index contributed by atoms with van der Waals surface area (Å²) in [4.78, 5) is 21.3. The Hall–Kier alpha value is -4.46. The van der Waals surface area contributed by atoms with Crippen molar-refractivity contribution in [1.82, 2.24) is 35.1 Å². The largest absolute Gasteiger partial charge is 0.335 e. The summed E-state index contributed by atoms with van der Waals surface area (Å²) >= 11 is 0. The number of aryl methyl sites for hydroxylation is 2. The van der Waals surface area contributed by atoms with E-state index in [1.54, 1.807) is 24.8 Å². The normalized spacial score (nSPS) is 11.5. The van der Waals surface area contributed by atoms with Gasteiger partial charge in [-0.25, -0.2) is 9.37 Å². The predicted molar refractivity (Wildman–Crippen MR) is 125 cm³/mol. The molecule has 8 heteroatoms. The quantitative estimate of drug-likeness (QED) is 0.389. The highest BCUT2D eigenvalue weighted by Crippen LogP contribution is 2.32. The highest BCUT2D eigenvalue weighted by atomic mass is 19.1. The van der Waals surface area contributed by atoms with Crippen molar-refractivity contribution in [3.8, 4) is 33.9 Å². The first-order valence-electron chi connectivity index (χ1n) is 10.4. The number of rotatable bonds is 3. The molecule has 5 aromatic heterocycles. The van der Waals surface area contributed by atoms with Crippen molar-refractivity contribution < 1.29 is 4.39 Å². The summed E-state index contributed by atoms with van der Waals surface area (Å²) in [5, 5.41) is 8.40. The third-order valence-corrected chi connectivity index (χ3v) is 5.59. The van der Waals surface area contributed by atoms with Crippen LogP contribution in [0.5, 0.6) is 0 Å². The van der Waals surface area contributed by atoms with Gasteiger partial charge in [0.2, 0.25) is 0 Å². The van der Waals surface area contributed by atoms with Crippen LogP contribution in [0, 0.1) is 19.7 Å². The Kier molecular flexibility index (Phi) is 4.26. The first-order valence-corrected chi connectivity index (χ1v) is 10.4. The van der Waals surface area contributed by atoms with Crippen LogP contribution in [0.3, 0.4) is 0 Å². The zero-order valence-electron chi connectivity index (χ0n) is 17.9. The number of nitrogens with one attached hydrogen (secondary N) is 2. The maximum atomic E-state index is 14.0. The highest BCUT2D eigenvalue weighted by Gasteiger charge is 2.17. The van der Waals surface area contributed by atoms with E-state index in [1.165, 1.54) is 12.1 Å². The Morgan fingerprint density at radius 3 is 2.48 bits per heavy atom. The van der Waals surface area contributed by atoms with Gasteiger partial charge in [0.1, 0.15) is 11.5 Å². The van der Waals surface area contributed by atoms with Crippen molar-refractivity contribution in [1.29, 1.82) is 0 Å². The maximum absolute atomic E-state index is 14.0. The summed E-state index contributed by atoms with van der Waals surface area (Å²) < 4.78 is 14.0. The number of aromatic amines is 2. The van der Waals surface area contributed by atoms with Gasteiger partial charge in [0.05, 0.1) is 34.6 Å². The molecule has 0 unspecified atom stereocenters. The molecule has 160 valence electrons. The minimum Gasteiger partial charge on any atom is -0.335 e. The predicted octanol–water partition coefficient (Wildman–Crippen LogP) is 5.38. The van der Waals surface area contributed by atoms with E-state index < -0.39 is 0 Å². The second-order valence-corrected chi connectivity index (χ2v) is 8.12. The van der Waals surface area contributed by atoms with Gasteiger partial charge in [0, 0.05) is 35.1 Å². The lowest BCUT2D eigenvalue weighted by Gasteiger charge is -2.04.